The fourth-order valence-corrected chi connectivity index (χ4v) is 1.67. The predicted octanol–water partition coefficient (Wildman–Crippen LogP) is 0.873. The Labute approximate surface area is 59.8 Å². The van der Waals surface area contributed by atoms with Crippen molar-refractivity contribution in [3.63, 3.8) is 0 Å². The largest absolute Gasteiger partial charge is 0.369 e. The Hall–Kier alpha value is -0.340. The highest BCUT2D eigenvalue weighted by molar-refractivity contribution is 5.21. The molecule has 2 heterocycles. The number of hydrogen-bond acceptors (Lipinski definition) is 2. The maximum atomic E-state index is 5.38. The molecule has 0 radical (unpaired) electrons. The molecule has 0 aromatic heterocycles. The van der Waals surface area contributed by atoms with Gasteiger partial charge in [0.05, 0.1) is 18.8 Å². The van der Waals surface area contributed by atoms with Crippen molar-refractivity contribution >= 4 is 0 Å². The highest BCUT2D eigenvalue weighted by Gasteiger charge is 2.44. The molecule has 10 heavy (non-hydrogen) atoms. The lowest BCUT2D eigenvalue weighted by Crippen LogP contribution is -2.05. The topological polar surface area (TPSA) is 25.1 Å². The van der Waals surface area contributed by atoms with E-state index in [-0.39, 0.29) is 0 Å². The molecule has 3 unspecified atom stereocenters. The Morgan fingerprint density at radius 3 is 3.00 bits per heavy atom. The molecule has 2 saturated heterocycles. The van der Waals surface area contributed by atoms with Gasteiger partial charge in [0, 0.05) is 0 Å². The Morgan fingerprint density at radius 2 is 2.30 bits per heavy atom. The van der Waals surface area contributed by atoms with Crippen LogP contribution in [0.3, 0.4) is 0 Å². The van der Waals surface area contributed by atoms with E-state index in [1.807, 2.05) is 0 Å². The van der Waals surface area contributed by atoms with Gasteiger partial charge in [-0.2, -0.15) is 0 Å². The van der Waals surface area contributed by atoms with Gasteiger partial charge in [-0.3, -0.25) is 0 Å². The minimum atomic E-state index is 0.477. The van der Waals surface area contributed by atoms with Crippen molar-refractivity contribution in [3.05, 3.63) is 11.6 Å². The van der Waals surface area contributed by atoms with Crippen LogP contribution in [0.2, 0.25) is 0 Å². The lowest BCUT2D eigenvalue weighted by Gasteiger charge is -2.04. The number of epoxide rings is 2. The molecule has 0 aromatic carbocycles. The van der Waals surface area contributed by atoms with Crippen molar-refractivity contribution in [1.82, 2.24) is 0 Å². The highest BCUT2D eigenvalue weighted by Crippen LogP contribution is 2.39. The van der Waals surface area contributed by atoms with E-state index in [9.17, 15) is 0 Å². The minimum Gasteiger partial charge on any atom is -0.369 e. The first-order valence-corrected chi connectivity index (χ1v) is 3.89. The first kappa shape index (κ1) is 5.33. The second kappa shape index (κ2) is 1.63. The Bertz CT molecular complexity index is 193. The molecule has 0 bridgehead atoms. The quantitative estimate of drug-likeness (QED) is 0.397. The summed E-state index contributed by atoms with van der Waals surface area (Å²) in [7, 11) is 0. The fourth-order valence-electron chi connectivity index (χ4n) is 1.67. The minimum absolute atomic E-state index is 0.477. The van der Waals surface area contributed by atoms with E-state index in [2.05, 4.69) is 6.08 Å². The lowest BCUT2D eigenvalue weighted by atomic mass is 9.98. The molecule has 2 aliphatic heterocycles. The second-order valence-corrected chi connectivity index (χ2v) is 3.25. The molecule has 0 aromatic rings. The molecular weight excluding hydrogens is 128 g/mol. The van der Waals surface area contributed by atoms with E-state index >= 15 is 0 Å². The zero-order valence-corrected chi connectivity index (χ0v) is 5.75. The standard InChI is InChI=1S/C8H10O2/c1-2-6-7(10-6)3-5(1)8-4-9-8/h1,6-8H,2-4H2. The van der Waals surface area contributed by atoms with Crippen LogP contribution in [0.1, 0.15) is 12.8 Å². The molecule has 3 aliphatic rings. The van der Waals surface area contributed by atoms with Crippen molar-refractivity contribution < 1.29 is 9.47 Å². The van der Waals surface area contributed by atoms with Gasteiger partial charge in [0.15, 0.2) is 0 Å². The average molecular weight is 138 g/mol. The van der Waals surface area contributed by atoms with Gasteiger partial charge in [0.25, 0.3) is 0 Å². The summed E-state index contributed by atoms with van der Waals surface area (Å²) in [6.45, 7) is 0.948. The van der Waals surface area contributed by atoms with Crippen LogP contribution in [-0.4, -0.2) is 24.9 Å². The third-order valence-electron chi connectivity index (χ3n) is 2.48. The van der Waals surface area contributed by atoms with Crippen molar-refractivity contribution in [2.45, 2.75) is 31.2 Å². The first-order valence-electron chi connectivity index (χ1n) is 3.89. The molecule has 0 amide bonds. The molecule has 3 rings (SSSR count). The van der Waals surface area contributed by atoms with Crippen LogP contribution in [0.25, 0.3) is 0 Å². The third-order valence-corrected chi connectivity index (χ3v) is 2.48. The molecule has 3 atom stereocenters. The zero-order chi connectivity index (χ0) is 6.55. The van der Waals surface area contributed by atoms with Gasteiger partial charge in [-0.15, -0.1) is 0 Å². The van der Waals surface area contributed by atoms with Gasteiger partial charge < -0.3 is 9.47 Å². The van der Waals surface area contributed by atoms with Crippen LogP contribution in [0.5, 0.6) is 0 Å². The summed E-state index contributed by atoms with van der Waals surface area (Å²) < 4.78 is 10.6. The van der Waals surface area contributed by atoms with Crippen LogP contribution in [0.4, 0.5) is 0 Å². The van der Waals surface area contributed by atoms with Crippen molar-refractivity contribution in [3.8, 4) is 0 Å². The fraction of sp³-hybridized carbons (Fsp3) is 0.750. The van der Waals surface area contributed by atoms with Crippen LogP contribution in [0.15, 0.2) is 11.6 Å². The molecule has 2 fully saturated rings. The van der Waals surface area contributed by atoms with Crippen LogP contribution >= 0.6 is 0 Å². The number of fused-ring (bicyclic) bond motifs is 1. The van der Waals surface area contributed by atoms with Crippen LogP contribution in [-0.2, 0) is 9.47 Å². The summed E-state index contributed by atoms with van der Waals surface area (Å²) in [5.74, 6) is 0. The summed E-state index contributed by atoms with van der Waals surface area (Å²) >= 11 is 0. The number of rotatable bonds is 1. The highest BCUT2D eigenvalue weighted by atomic mass is 16.6. The Balaban J connectivity index is 1.78. The van der Waals surface area contributed by atoms with Gasteiger partial charge in [0.2, 0.25) is 0 Å². The molecule has 1 aliphatic carbocycles. The molecule has 0 saturated carbocycles. The monoisotopic (exact) mass is 138 g/mol. The molecule has 2 nitrogen and oxygen atoms in total. The van der Waals surface area contributed by atoms with Crippen molar-refractivity contribution in [2.24, 2.45) is 0 Å². The summed E-state index contributed by atoms with van der Waals surface area (Å²) in [6, 6.07) is 0. The van der Waals surface area contributed by atoms with Crippen LogP contribution < -0.4 is 0 Å². The predicted molar refractivity (Wildman–Crippen MR) is 35.7 cm³/mol. The Morgan fingerprint density at radius 1 is 1.40 bits per heavy atom. The number of hydrogen-bond donors (Lipinski definition) is 0. The van der Waals surface area contributed by atoms with Gasteiger partial charge in [-0.25, -0.2) is 0 Å². The normalized spacial score (nSPS) is 49.6. The average Bonchev–Trinajstić information content (AvgIpc) is 2.83. The summed E-state index contributed by atoms with van der Waals surface area (Å²) in [4.78, 5) is 0. The maximum absolute atomic E-state index is 5.38. The smallest absolute Gasteiger partial charge is 0.102 e. The summed E-state index contributed by atoms with van der Waals surface area (Å²) in [5.41, 5.74) is 1.48. The van der Waals surface area contributed by atoms with Gasteiger partial charge in [0.1, 0.15) is 6.10 Å². The lowest BCUT2D eigenvalue weighted by molar-refractivity contribution is 0.371. The number of ether oxygens (including phenoxy) is 2. The van der Waals surface area contributed by atoms with Crippen molar-refractivity contribution in [1.29, 1.82) is 0 Å². The first-order chi connectivity index (χ1) is 4.93. The SMILES string of the molecule is C1=C(C2CO2)CC2OC2C1. The maximum Gasteiger partial charge on any atom is 0.102 e. The van der Waals surface area contributed by atoms with E-state index < -0.39 is 0 Å². The molecular formula is C8H10O2. The zero-order valence-electron chi connectivity index (χ0n) is 5.75. The van der Waals surface area contributed by atoms with E-state index in [1.54, 1.807) is 0 Å². The van der Waals surface area contributed by atoms with Gasteiger partial charge in [-0.1, -0.05) is 6.08 Å². The van der Waals surface area contributed by atoms with E-state index in [0.717, 1.165) is 19.4 Å². The summed E-state index contributed by atoms with van der Waals surface area (Å²) in [5, 5.41) is 0. The third kappa shape index (κ3) is 0.724. The second-order valence-electron chi connectivity index (χ2n) is 3.25. The van der Waals surface area contributed by atoms with E-state index in [4.69, 9.17) is 9.47 Å². The van der Waals surface area contributed by atoms with E-state index in [1.165, 1.54) is 5.57 Å². The molecule has 54 valence electrons. The molecule has 2 heteroatoms. The molecule has 0 spiro atoms. The van der Waals surface area contributed by atoms with Gasteiger partial charge in [-0.05, 0) is 18.4 Å². The van der Waals surface area contributed by atoms with E-state index in [0.29, 0.717) is 18.3 Å². The van der Waals surface area contributed by atoms with Gasteiger partial charge >= 0.3 is 0 Å². The Kier molecular flexibility index (Phi) is 0.868. The molecule has 0 N–H and O–H groups in total. The van der Waals surface area contributed by atoms with Crippen LogP contribution in [0, 0.1) is 0 Å². The summed E-state index contributed by atoms with van der Waals surface area (Å²) in [6.07, 6.45) is 6.16. The van der Waals surface area contributed by atoms with Crippen molar-refractivity contribution in [2.75, 3.05) is 6.61 Å².